The molecule has 4 atom stereocenters. The largest absolute Gasteiger partial charge is 0.481 e. The minimum atomic E-state index is -0.329. The lowest BCUT2D eigenvalue weighted by molar-refractivity contribution is -0.122. The highest BCUT2D eigenvalue weighted by molar-refractivity contribution is 9.10. The number of carbonyl (C=O) groups excluding carboxylic acids is 1. The summed E-state index contributed by atoms with van der Waals surface area (Å²) in [5.74, 6) is 2.13. The van der Waals surface area contributed by atoms with E-state index in [1.54, 1.807) is 24.5 Å². The van der Waals surface area contributed by atoms with Crippen molar-refractivity contribution in [3.63, 3.8) is 0 Å². The highest BCUT2D eigenvalue weighted by Crippen LogP contribution is 2.61. The van der Waals surface area contributed by atoms with Gasteiger partial charge in [0.25, 0.3) is 5.56 Å². The van der Waals surface area contributed by atoms with Gasteiger partial charge in [-0.1, -0.05) is 20.8 Å². The van der Waals surface area contributed by atoms with Crippen molar-refractivity contribution in [3.8, 4) is 5.88 Å². The number of nitrogens with one attached hydrogen (secondary N) is 2. The van der Waals surface area contributed by atoms with Crippen molar-refractivity contribution in [2.75, 3.05) is 12.4 Å². The number of pyridine rings is 1. The Balaban J connectivity index is 1.37. The molecule has 3 aliphatic carbocycles. The van der Waals surface area contributed by atoms with Crippen LogP contribution < -0.4 is 20.9 Å². The van der Waals surface area contributed by atoms with Crippen LogP contribution in [0.15, 0.2) is 33.8 Å². The SMILES string of the molecule is COc1cc(CNC(=O)Cn2ncc(N[C@@H]3C[C@H]4C[C@H]([C@@H]3C)C4(C)C)c(Br)c2=O)ccn1. The third kappa shape index (κ3) is 4.27. The average Bonchev–Trinajstić information content (AvgIpc) is 2.78. The van der Waals surface area contributed by atoms with E-state index in [-0.39, 0.29) is 18.0 Å². The van der Waals surface area contributed by atoms with Gasteiger partial charge in [0.05, 0.1) is 19.0 Å². The fourth-order valence-corrected chi connectivity index (χ4v) is 5.70. The molecule has 2 bridgehead atoms. The van der Waals surface area contributed by atoms with Crippen LogP contribution >= 0.6 is 15.9 Å². The number of rotatable bonds is 7. The zero-order chi connectivity index (χ0) is 23.0. The molecule has 2 aromatic rings. The molecule has 0 aromatic carbocycles. The number of halogens is 1. The molecule has 2 N–H and O–H groups in total. The second-order valence-electron chi connectivity index (χ2n) is 9.52. The highest BCUT2D eigenvalue weighted by Gasteiger charge is 2.56. The van der Waals surface area contributed by atoms with Gasteiger partial charge < -0.3 is 15.4 Å². The van der Waals surface area contributed by atoms with Crippen LogP contribution in [0.5, 0.6) is 5.88 Å². The highest BCUT2D eigenvalue weighted by atomic mass is 79.9. The van der Waals surface area contributed by atoms with Crippen LogP contribution in [0.1, 0.15) is 39.2 Å². The van der Waals surface area contributed by atoms with E-state index in [1.807, 2.05) is 0 Å². The fraction of sp³-hybridized carbons (Fsp3) is 0.565. The molecule has 3 aliphatic rings. The topological polar surface area (TPSA) is 98.1 Å². The molecule has 0 spiro atoms. The maximum absolute atomic E-state index is 12.8. The van der Waals surface area contributed by atoms with Gasteiger partial charge in [-0.15, -0.1) is 0 Å². The standard InChI is InChI=1S/C23H30BrN5O3/c1-13-16-8-15(23(16,2)3)9-17(13)28-18-11-27-29(22(31)21(18)24)12-19(30)26-10-14-5-6-25-20(7-14)32-4/h5-7,11,13,15-17,28H,8-10,12H2,1-4H3,(H,26,30)/t13-,15+,16+,17+/m0/s1. The fourth-order valence-electron chi connectivity index (χ4n) is 5.28. The summed E-state index contributed by atoms with van der Waals surface area (Å²) in [6, 6.07) is 3.86. The van der Waals surface area contributed by atoms with Gasteiger partial charge in [0.1, 0.15) is 11.0 Å². The van der Waals surface area contributed by atoms with Gasteiger partial charge in [-0.2, -0.15) is 5.10 Å². The minimum absolute atomic E-state index is 0.155. The number of fused-ring (bicyclic) bond motifs is 2. The number of aromatic nitrogens is 3. The smallest absolute Gasteiger partial charge is 0.283 e. The Morgan fingerprint density at radius 3 is 2.84 bits per heavy atom. The number of amides is 1. The maximum Gasteiger partial charge on any atom is 0.283 e. The molecular formula is C23H30BrN5O3. The van der Waals surface area contributed by atoms with E-state index < -0.39 is 0 Å². The van der Waals surface area contributed by atoms with Gasteiger partial charge >= 0.3 is 0 Å². The van der Waals surface area contributed by atoms with E-state index in [0.717, 1.165) is 17.9 Å². The van der Waals surface area contributed by atoms with Crippen molar-refractivity contribution in [2.24, 2.45) is 23.2 Å². The molecule has 2 heterocycles. The summed E-state index contributed by atoms with van der Waals surface area (Å²) in [7, 11) is 1.54. The molecule has 0 aliphatic heterocycles. The van der Waals surface area contributed by atoms with E-state index in [1.165, 1.54) is 18.2 Å². The Bertz CT molecular complexity index is 1070. The molecule has 3 saturated carbocycles. The summed E-state index contributed by atoms with van der Waals surface area (Å²) < 4.78 is 6.66. The van der Waals surface area contributed by atoms with Crippen molar-refractivity contribution in [3.05, 3.63) is 44.9 Å². The van der Waals surface area contributed by atoms with E-state index >= 15 is 0 Å². The van der Waals surface area contributed by atoms with E-state index in [4.69, 9.17) is 4.74 Å². The van der Waals surface area contributed by atoms with Crippen molar-refractivity contribution < 1.29 is 9.53 Å². The van der Waals surface area contributed by atoms with Crippen molar-refractivity contribution in [1.29, 1.82) is 0 Å². The van der Waals surface area contributed by atoms with Crippen LogP contribution in [-0.2, 0) is 17.9 Å². The monoisotopic (exact) mass is 503 g/mol. The zero-order valence-electron chi connectivity index (χ0n) is 18.9. The molecule has 0 saturated heterocycles. The van der Waals surface area contributed by atoms with Gasteiger partial charge in [0.15, 0.2) is 0 Å². The molecule has 172 valence electrons. The summed E-state index contributed by atoms with van der Waals surface area (Å²) in [5.41, 5.74) is 1.62. The first kappa shape index (κ1) is 22.8. The normalized spacial score (nSPS) is 25.5. The summed E-state index contributed by atoms with van der Waals surface area (Å²) in [6.07, 6.45) is 5.65. The Hall–Kier alpha value is -2.42. The number of nitrogens with zero attached hydrogens (tertiary/aromatic N) is 3. The van der Waals surface area contributed by atoms with E-state index in [9.17, 15) is 9.59 Å². The molecule has 0 unspecified atom stereocenters. The van der Waals surface area contributed by atoms with Crippen molar-refractivity contribution in [1.82, 2.24) is 20.1 Å². The van der Waals surface area contributed by atoms with Crippen LogP contribution in [0.4, 0.5) is 5.69 Å². The predicted octanol–water partition coefficient (Wildman–Crippen LogP) is 3.21. The first-order valence-electron chi connectivity index (χ1n) is 11.0. The van der Waals surface area contributed by atoms with Crippen molar-refractivity contribution in [2.45, 2.75) is 52.7 Å². The van der Waals surface area contributed by atoms with Gasteiger partial charge in [0, 0.05) is 24.8 Å². The molecule has 8 nitrogen and oxygen atoms in total. The Labute approximate surface area is 196 Å². The molecular weight excluding hydrogens is 474 g/mol. The number of carbonyl (C=O) groups is 1. The van der Waals surface area contributed by atoms with Crippen LogP contribution in [0, 0.1) is 23.2 Å². The van der Waals surface area contributed by atoms with Crippen LogP contribution in [0.3, 0.4) is 0 Å². The first-order chi connectivity index (χ1) is 15.2. The third-order valence-electron chi connectivity index (χ3n) is 7.47. The third-order valence-corrected chi connectivity index (χ3v) is 8.24. The number of anilines is 1. The zero-order valence-corrected chi connectivity index (χ0v) is 20.5. The molecule has 0 radical (unpaired) electrons. The lowest BCUT2D eigenvalue weighted by Crippen LogP contribution is -2.58. The lowest BCUT2D eigenvalue weighted by Gasteiger charge is -2.62. The summed E-state index contributed by atoms with van der Waals surface area (Å²) in [6.45, 7) is 7.19. The molecule has 3 fully saturated rings. The van der Waals surface area contributed by atoms with Crippen LogP contribution in [-0.4, -0.2) is 33.8 Å². The average molecular weight is 504 g/mol. The van der Waals surface area contributed by atoms with Gasteiger partial charge in [-0.05, 0) is 63.6 Å². The van der Waals surface area contributed by atoms with E-state index in [0.29, 0.717) is 45.9 Å². The Morgan fingerprint density at radius 1 is 1.38 bits per heavy atom. The number of hydrogen-bond acceptors (Lipinski definition) is 6. The number of methoxy groups -OCH3 is 1. The van der Waals surface area contributed by atoms with Gasteiger partial charge in [-0.25, -0.2) is 9.67 Å². The lowest BCUT2D eigenvalue weighted by atomic mass is 9.45. The Morgan fingerprint density at radius 2 is 2.16 bits per heavy atom. The first-order valence-corrected chi connectivity index (χ1v) is 11.8. The second kappa shape index (κ2) is 8.84. The summed E-state index contributed by atoms with van der Waals surface area (Å²) in [4.78, 5) is 29.2. The molecule has 2 aromatic heterocycles. The second-order valence-corrected chi connectivity index (χ2v) is 10.3. The van der Waals surface area contributed by atoms with Gasteiger partial charge in [-0.3, -0.25) is 9.59 Å². The molecule has 5 rings (SSSR count). The quantitative estimate of drug-likeness (QED) is 0.601. The summed E-state index contributed by atoms with van der Waals surface area (Å²) in [5, 5.41) is 10.6. The molecule has 32 heavy (non-hydrogen) atoms. The van der Waals surface area contributed by atoms with E-state index in [2.05, 4.69) is 57.4 Å². The minimum Gasteiger partial charge on any atom is -0.481 e. The predicted molar refractivity (Wildman–Crippen MR) is 125 cm³/mol. The summed E-state index contributed by atoms with van der Waals surface area (Å²) >= 11 is 3.42. The molecule has 1 amide bonds. The maximum atomic E-state index is 12.8. The van der Waals surface area contributed by atoms with Gasteiger partial charge in [0.2, 0.25) is 11.8 Å². The Kier molecular flexibility index (Phi) is 6.29. The number of hydrogen-bond donors (Lipinski definition) is 2. The van der Waals surface area contributed by atoms with Crippen LogP contribution in [0.25, 0.3) is 0 Å². The van der Waals surface area contributed by atoms with Crippen LogP contribution in [0.2, 0.25) is 0 Å². The number of ether oxygens (including phenoxy) is 1. The molecule has 9 heteroatoms. The van der Waals surface area contributed by atoms with Crippen molar-refractivity contribution >= 4 is 27.5 Å².